The molecule has 0 bridgehead atoms. The molecule has 0 saturated carbocycles. The number of rotatable bonds is 1. The maximum absolute atomic E-state index is 5.96. The van der Waals surface area contributed by atoms with E-state index >= 15 is 0 Å². The van der Waals surface area contributed by atoms with E-state index in [1.54, 1.807) is 0 Å². The third kappa shape index (κ3) is 2.55. The van der Waals surface area contributed by atoms with E-state index in [0.717, 1.165) is 5.56 Å². The molecule has 2 rings (SSSR count). The van der Waals surface area contributed by atoms with Gasteiger partial charge in [0.15, 0.2) is 0 Å². The fourth-order valence-electron chi connectivity index (χ4n) is 1.89. The number of benzene rings is 2. The number of aryl methyl sites for hydroxylation is 1. The maximum Gasteiger partial charge on any atom is 0.0691 e. The summed E-state index contributed by atoms with van der Waals surface area (Å²) in [5.74, 6) is 6.74. The maximum atomic E-state index is 5.96. The second-order valence-electron chi connectivity index (χ2n) is 5.01. The van der Waals surface area contributed by atoms with Crippen molar-refractivity contribution in [1.82, 2.24) is 0 Å². The smallest absolute Gasteiger partial charge is 0.0691 e. The van der Waals surface area contributed by atoms with Gasteiger partial charge in [-0.2, -0.15) is 0 Å². The highest BCUT2D eigenvalue weighted by Gasteiger charge is 2.03. The van der Waals surface area contributed by atoms with Crippen LogP contribution in [0.4, 0.5) is 0 Å². The first kappa shape index (κ1) is 12.7. The molecular formula is C17H19N. The Kier molecular flexibility index (Phi) is 3.69. The molecule has 0 aliphatic heterocycles. The minimum absolute atomic E-state index is 0.0648. The molecule has 1 atom stereocenters. The van der Waals surface area contributed by atoms with Gasteiger partial charge in [-0.05, 0) is 35.2 Å². The molecule has 0 aliphatic carbocycles. The van der Waals surface area contributed by atoms with Crippen molar-refractivity contribution in [1.29, 1.82) is 0 Å². The average Bonchev–Trinajstić information content (AvgIpc) is 2.38. The monoisotopic (exact) mass is 237 g/mol. The molecule has 0 aromatic heterocycles. The van der Waals surface area contributed by atoms with Gasteiger partial charge in [-0.25, -0.2) is 0 Å². The normalized spacial score (nSPS) is 12.3. The van der Waals surface area contributed by atoms with Crippen LogP contribution in [0.5, 0.6) is 0 Å². The zero-order valence-electron chi connectivity index (χ0n) is 11.2. The summed E-state index contributed by atoms with van der Waals surface area (Å²) < 4.78 is 0. The first-order chi connectivity index (χ1) is 8.59. The molecule has 0 amide bonds. The third-order valence-electron chi connectivity index (χ3n) is 3.23. The van der Waals surface area contributed by atoms with Crippen molar-refractivity contribution >= 4 is 10.8 Å². The number of hydrogen-bond donors (Lipinski definition) is 1. The number of nitrogens with two attached hydrogens (primary N) is 1. The van der Waals surface area contributed by atoms with Crippen LogP contribution in [-0.4, -0.2) is 6.04 Å². The highest BCUT2D eigenvalue weighted by atomic mass is 14.6. The number of fused-ring (bicyclic) bond motifs is 1. The molecular weight excluding hydrogens is 218 g/mol. The number of hydrogen-bond acceptors (Lipinski definition) is 1. The molecule has 0 spiro atoms. The van der Waals surface area contributed by atoms with Crippen LogP contribution in [0.1, 0.15) is 25.0 Å². The summed E-state index contributed by atoms with van der Waals surface area (Å²) in [5.41, 5.74) is 8.31. The lowest BCUT2D eigenvalue weighted by molar-refractivity contribution is 0.584. The van der Waals surface area contributed by atoms with E-state index in [9.17, 15) is 0 Å². The van der Waals surface area contributed by atoms with Gasteiger partial charge >= 0.3 is 0 Å². The third-order valence-corrected chi connectivity index (χ3v) is 3.23. The summed E-state index contributed by atoms with van der Waals surface area (Å²) in [6, 6.07) is 12.5. The topological polar surface area (TPSA) is 26.0 Å². The van der Waals surface area contributed by atoms with Gasteiger partial charge in [0, 0.05) is 5.56 Å². The van der Waals surface area contributed by atoms with E-state index in [1.807, 2.05) is 0 Å². The van der Waals surface area contributed by atoms with Crippen LogP contribution in [0.3, 0.4) is 0 Å². The minimum Gasteiger partial charge on any atom is -0.317 e. The van der Waals surface area contributed by atoms with Gasteiger partial charge in [-0.1, -0.05) is 56.0 Å². The van der Waals surface area contributed by atoms with E-state index in [-0.39, 0.29) is 6.04 Å². The van der Waals surface area contributed by atoms with E-state index in [0.29, 0.717) is 5.92 Å². The van der Waals surface area contributed by atoms with Crippen molar-refractivity contribution in [2.75, 3.05) is 0 Å². The van der Waals surface area contributed by atoms with Crippen LogP contribution in [-0.2, 0) is 0 Å². The molecule has 0 heterocycles. The predicted octanol–water partition coefficient (Wildman–Crippen LogP) is 3.48. The Balaban J connectivity index is 2.50. The van der Waals surface area contributed by atoms with E-state index in [2.05, 4.69) is 69.0 Å². The minimum atomic E-state index is -0.0648. The van der Waals surface area contributed by atoms with Gasteiger partial charge in [0.25, 0.3) is 0 Å². The fraction of sp³-hybridized carbons (Fsp3) is 0.294. The highest BCUT2D eigenvalue weighted by Crippen LogP contribution is 2.21. The Morgan fingerprint density at radius 2 is 1.67 bits per heavy atom. The van der Waals surface area contributed by atoms with Crippen LogP contribution < -0.4 is 5.73 Å². The summed E-state index contributed by atoms with van der Waals surface area (Å²) in [4.78, 5) is 0. The Hall–Kier alpha value is -1.78. The second-order valence-corrected chi connectivity index (χ2v) is 5.01. The lowest BCUT2D eigenvalue weighted by atomic mass is 9.99. The van der Waals surface area contributed by atoms with Gasteiger partial charge in [-0.15, -0.1) is 0 Å². The fourth-order valence-corrected chi connectivity index (χ4v) is 1.89. The standard InChI is InChI=1S/C17H19N/c1-12(2)17(18)11-10-14-9-8-13(3)15-6-4-5-7-16(14)15/h4-9,12,17H,18H2,1-3H3. The Labute approximate surface area is 109 Å². The lowest BCUT2D eigenvalue weighted by Crippen LogP contribution is -2.23. The molecule has 1 unspecified atom stereocenters. The van der Waals surface area contributed by atoms with Crippen molar-refractivity contribution in [3.05, 3.63) is 47.5 Å². The molecule has 0 radical (unpaired) electrons. The summed E-state index contributed by atoms with van der Waals surface area (Å²) in [5, 5.41) is 2.48. The Morgan fingerprint density at radius 3 is 2.33 bits per heavy atom. The van der Waals surface area contributed by atoms with Crippen LogP contribution in [0.15, 0.2) is 36.4 Å². The average molecular weight is 237 g/mol. The summed E-state index contributed by atoms with van der Waals surface area (Å²) in [6.45, 7) is 6.30. The summed E-state index contributed by atoms with van der Waals surface area (Å²) in [7, 11) is 0. The first-order valence-corrected chi connectivity index (χ1v) is 6.35. The quantitative estimate of drug-likeness (QED) is 0.755. The zero-order valence-corrected chi connectivity index (χ0v) is 11.2. The molecule has 2 N–H and O–H groups in total. The Morgan fingerprint density at radius 1 is 1.00 bits per heavy atom. The van der Waals surface area contributed by atoms with Gasteiger partial charge in [-0.3, -0.25) is 0 Å². The summed E-state index contributed by atoms with van der Waals surface area (Å²) in [6.07, 6.45) is 0. The molecule has 0 fully saturated rings. The van der Waals surface area contributed by atoms with E-state index in [1.165, 1.54) is 16.3 Å². The molecule has 0 aliphatic rings. The highest BCUT2D eigenvalue weighted by molar-refractivity contribution is 5.90. The van der Waals surface area contributed by atoms with Gasteiger partial charge < -0.3 is 5.73 Å². The molecule has 1 nitrogen and oxygen atoms in total. The first-order valence-electron chi connectivity index (χ1n) is 6.35. The van der Waals surface area contributed by atoms with Crippen LogP contribution in [0.2, 0.25) is 0 Å². The summed E-state index contributed by atoms with van der Waals surface area (Å²) >= 11 is 0. The lowest BCUT2D eigenvalue weighted by Gasteiger charge is -2.07. The molecule has 18 heavy (non-hydrogen) atoms. The zero-order chi connectivity index (χ0) is 13.1. The molecule has 2 aromatic rings. The van der Waals surface area contributed by atoms with Crippen molar-refractivity contribution in [3.63, 3.8) is 0 Å². The molecule has 0 saturated heterocycles. The second kappa shape index (κ2) is 5.25. The van der Waals surface area contributed by atoms with Crippen molar-refractivity contribution in [3.8, 4) is 11.8 Å². The van der Waals surface area contributed by atoms with Crippen molar-refractivity contribution in [2.45, 2.75) is 26.8 Å². The predicted molar refractivity (Wildman–Crippen MR) is 78.4 cm³/mol. The molecule has 92 valence electrons. The van der Waals surface area contributed by atoms with Crippen molar-refractivity contribution < 1.29 is 0 Å². The Bertz CT molecular complexity index is 614. The largest absolute Gasteiger partial charge is 0.317 e. The molecule has 2 aromatic carbocycles. The molecule has 1 heteroatoms. The van der Waals surface area contributed by atoms with Gasteiger partial charge in [0.2, 0.25) is 0 Å². The van der Waals surface area contributed by atoms with Gasteiger partial charge in [0.1, 0.15) is 0 Å². The van der Waals surface area contributed by atoms with Crippen LogP contribution in [0, 0.1) is 24.7 Å². The SMILES string of the molecule is Cc1ccc(C#CC(N)C(C)C)c2ccccc12. The van der Waals surface area contributed by atoms with Crippen molar-refractivity contribution in [2.24, 2.45) is 11.7 Å². The van der Waals surface area contributed by atoms with E-state index < -0.39 is 0 Å². The van der Waals surface area contributed by atoms with Crippen LogP contribution >= 0.6 is 0 Å². The van der Waals surface area contributed by atoms with E-state index in [4.69, 9.17) is 5.73 Å². The van der Waals surface area contributed by atoms with Crippen LogP contribution in [0.25, 0.3) is 10.8 Å². The van der Waals surface area contributed by atoms with Gasteiger partial charge in [0.05, 0.1) is 6.04 Å².